The van der Waals surface area contributed by atoms with Gasteiger partial charge in [0.2, 0.25) is 0 Å². The fraction of sp³-hybridized carbons (Fsp3) is 1.00. The van der Waals surface area contributed by atoms with Crippen molar-refractivity contribution in [3.05, 3.63) is 46.0 Å². The summed E-state index contributed by atoms with van der Waals surface area (Å²) in [6, 6.07) is 0. The van der Waals surface area contributed by atoms with E-state index >= 15 is 0 Å². The van der Waals surface area contributed by atoms with E-state index in [0.717, 1.165) is 7.11 Å². The summed E-state index contributed by atoms with van der Waals surface area (Å²) in [6.45, 7) is 0. The molecule has 0 saturated heterocycles. The van der Waals surface area contributed by atoms with Gasteiger partial charge < -0.3 is 51.1 Å². The maximum Gasteiger partial charge on any atom is 3.00 e. The average Bonchev–Trinajstić information content (AvgIpc) is 1.86. The molecule has 0 bridgehead atoms. The number of hydrogen-bond acceptors (Lipinski definition) is 10. The Bertz CT molecular complexity index is 118. The molecular formula is CH4DyN3O10. The SMILES string of the molecule is CO.O=[N+]([O-])[O-].O=[N+]([O-])[O-].O=[N+]([O-])[O-].[Dy+3]. The van der Waals surface area contributed by atoms with Crippen molar-refractivity contribution in [1.29, 1.82) is 0 Å². The van der Waals surface area contributed by atoms with E-state index in [9.17, 15) is 0 Å². The zero-order valence-electron chi connectivity index (χ0n) is 6.78. The van der Waals surface area contributed by atoms with Gasteiger partial charge in [-0.25, -0.2) is 0 Å². The van der Waals surface area contributed by atoms with Gasteiger partial charge in [0.1, 0.15) is 0 Å². The Kier molecular flexibility index (Phi) is 57.0. The zero-order chi connectivity index (χ0) is 12.7. The summed E-state index contributed by atoms with van der Waals surface area (Å²) in [7, 11) is 1.00. The van der Waals surface area contributed by atoms with Crippen LogP contribution in [0.2, 0.25) is 0 Å². The van der Waals surface area contributed by atoms with Crippen molar-refractivity contribution < 1.29 is 58.5 Å². The molecule has 0 rings (SSSR count). The molecule has 0 aliphatic heterocycles. The summed E-state index contributed by atoms with van der Waals surface area (Å²) < 4.78 is 0. The first-order chi connectivity index (χ1) is 6.20. The molecule has 0 amide bonds. The van der Waals surface area contributed by atoms with Gasteiger partial charge in [0.25, 0.3) is 0 Å². The third-order valence-electron chi connectivity index (χ3n) is 0. The number of aliphatic hydroxyl groups excluding tert-OH is 1. The summed E-state index contributed by atoms with van der Waals surface area (Å²) in [5, 5.41) is 51.2. The van der Waals surface area contributed by atoms with Gasteiger partial charge >= 0.3 is 38.2 Å². The second kappa shape index (κ2) is 29.3. The van der Waals surface area contributed by atoms with Gasteiger partial charge in [-0.15, -0.1) is 0 Å². The summed E-state index contributed by atoms with van der Waals surface area (Å²) in [5.41, 5.74) is 0. The normalized spacial score (nSPS) is 5.20. The number of aliphatic hydroxyl groups is 1. The zero-order valence-corrected chi connectivity index (χ0v) is 8.81. The second-order valence-corrected chi connectivity index (χ2v) is 0.671. The van der Waals surface area contributed by atoms with E-state index in [1.807, 2.05) is 0 Å². The molecule has 1 radical (unpaired) electrons. The van der Waals surface area contributed by atoms with Gasteiger partial charge in [-0.1, -0.05) is 0 Å². The molecule has 0 heterocycles. The fourth-order valence-corrected chi connectivity index (χ4v) is 0. The first-order valence-electron chi connectivity index (χ1n) is 2.09. The minimum atomic E-state index is -1.75. The molecule has 0 aliphatic carbocycles. The van der Waals surface area contributed by atoms with Crippen LogP contribution in [0.1, 0.15) is 0 Å². The molecule has 0 aliphatic rings. The van der Waals surface area contributed by atoms with Crippen LogP contribution in [-0.2, 0) is 0 Å². The van der Waals surface area contributed by atoms with Crippen molar-refractivity contribution in [2.24, 2.45) is 0 Å². The number of rotatable bonds is 0. The largest absolute Gasteiger partial charge is 3.00 e. The van der Waals surface area contributed by atoms with E-state index in [1.54, 1.807) is 0 Å². The predicted octanol–water partition coefficient (Wildman–Crippen LogP) is -1.11. The molecule has 13 nitrogen and oxygen atoms in total. The van der Waals surface area contributed by atoms with Gasteiger partial charge in [-0.2, -0.15) is 0 Å². The van der Waals surface area contributed by atoms with Gasteiger partial charge in [-0.3, -0.25) is 0 Å². The van der Waals surface area contributed by atoms with Crippen molar-refractivity contribution in [1.82, 2.24) is 0 Å². The minimum absolute atomic E-state index is 0. The van der Waals surface area contributed by atoms with Crippen LogP contribution in [0, 0.1) is 84.1 Å². The summed E-state index contributed by atoms with van der Waals surface area (Å²) in [6.07, 6.45) is 0. The molecule has 15 heavy (non-hydrogen) atoms. The van der Waals surface area contributed by atoms with Crippen molar-refractivity contribution in [2.75, 3.05) is 7.11 Å². The number of hydrogen-bond donors (Lipinski definition) is 1. The van der Waals surface area contributed by atoms with Gasteiger partial charge in [0, 0.05) is 7.11 Å². The van der Waals surface area contributed by atoms with Crippen LogP contribution in [0.3, 0.4) is 0 Å². The van der Waals surface area contributed by atoms with E-state index in [4.69, 9.17) is 51.1 Å². The molecule has 0 aromatic heterocycles. The molecule has 0 aromatic carbocycles. The van der Waals surface area contributed by atoms with Crippen LogP contribution >= 0.6 is 0 Å². The molecule has 14 heteroatoms. The van der Waals surface area contributed by atoms with E-state index in [0.29, 0.717) is 0 Å². The predicted molar refractivity (Wildman–Crippen MR) is 39.2 cm³/mol. The molecule has 0 unspecified atom stereocenters. The second-order valence-electron chi connectivity index (χ2n) is 0.671. The van der Waals surface area contributed by atoms with E-state index in [-0.39, 0.29) is 38.2 Å². The molecule has 0 fully saturated rings. The molecule has 93 valence electrons. The van der Waals surface area contributed by atoms with Crippen molar-refractivity contribution in [3.8, 4) is 0 Å². The van der Waals surface area contributed by atoms with Crippen LogP contribution in [0.5, 0.6) is 0 Å². The Hall–Kier alpha value is -1.17. The average molecular weight is 381 g/mol. The molecule has 0 aromatic rings. The molecular weight excluding hydrogens is 377 g/mol. The van der Waals surface area contributed by atoms with Crippen LogP contribution in [0.15, 0.2) is 0 Å². The van der Waals surface area contributed by atoms with E-state index < -0.39 is 15.3 Å². The third kappa shape index (κ3) is 1110. The molecule has 0 atom stereocenters. The smallest absolute Gasteiger partial charge is 0.400 e. The Morgan fingerprint density at radius 3 is 0.667 bits per heavy atom. The van der Waals surface area contributed by atoms with Gasteiger partial charge in [0.05, 0.1) is 15.3 Å². The minimum Gasteiger partial charge on any atom is -0.400 e. The Morgan fingerprint density at radius 2 is 0.667 bits per heavy atom. The van der Waals surface area contributed by atoms with Crippen LogP contribution in [0.4, 0.5) is 0 Å². The van der Waals surface area contributed by atoms with Crippen LogP contribution < -0.4 is 0 Å². The monoisotopic (exact) mass is 382 g/mol. The van der Waals surface area contributed by atoms with Gasteiger partial charge in [-0.05, 0) is 0 Å². The number of nitrogens with zero attached hydrogens (tertiary/aromatic N) is 3. The Balaban J connectivity index is -0.0000000298. The summed E-state index contributed by atoms with van der Waals surface area (Å²) >= 11 is 0. The first kappa shape index (κ1) is 29.2. The van der Waals surface area contributed by atoms with E-state index in [2.05, 4.69) is 0 Å². The molecule has 1 N–H and O–H groups in total. The van der Waals surface area contributed by atoms with E-state index in [1.165, 1.54) is 0 Å². The topological polar surface area (TPSA) is 219 Å². The van der Waals surface area contributed by atoms with Gasteiger partial charge in [0.15, 0.2) is 0 Å². The standard InChI is InChI=1S/CH4O.Dy.3NO3/c1-2;;3*2-1(3)4/h2H,1H3;;;;/q;+3;3*-1. The Morgan fingerprint density at radius 1 is 0.667 bits per heavy atom. The third-order valence-corrected chi connectivity index (χ3v) is 0. The van der Waals surface area contributed by atoms with Crippen LogP contribution in [0.25, 0.3) is 0 Å². The van der Waals surface area contributed by atoms with Crippen molar-refractivity contribution in [3.63, 3.8) is 0 Å². The first-order valence-corrected chi connectivity index (χ1v) is 2.09. The van der Waals surface area contributed by atoms with Crippen LogP contribution in [-0.4, -0.2) is 27.5 Å². The maximum absolute atomic E-state index is 8.25. The summed E-state index contributed by atoms with van der Waals surface area (Å²) in [4.78, 5) is 24.8. The Labute approximate surface area is 111 Å². The maximum atomic E-state index is 8.25. The summed E-state index contributed by atoms with van der Waals surface area (Å²) in [5.74, 6) is 0. The van der Waals surface area contributed by atoms with Crippen molar-refractivity contribution >= 4 is 0 Å². The molecule has 0 spiro atoms. The van der Waals surface area contributed by atoms with Crippen molar-refractivity contribution in [2.45, 2.75) is 0 Å². The molecule has 0 saturated carbocycles. The quantitative estimate of drug-likeness (QED) is 0.394. The fourth-order valence-electron chi connectivity index (χ4n) is 0.